The summed E-state index contributed by atoms with van der Waals surface area (Å²) >= 11 is 3.37. The first-order valence-electron chi connectivity index (χ1n) is 6.25. The monoisotopic (exact) mass is 311 g/mol. The van der Waals surface area contributed by atoms with E-state index in [2.05, 4.69) is 20.8 Å². The zero-order valence-corrected chi connectivity index (χ0v) is 12.1. The Kier molecular flexibility index (Phi) is 4.54. The third kappa shape index (κ3) is 3.40. The van der Waals surface area contributed by atoms with Gasteiger partial charge in [-0.3, -0.25) is 9.69 Å². The van der Waals surface area contributed by atoms with E-state index in [1.165, 1.54) is 0 Å². The number of aliphatic hydroxyl groups is 1. The smallest absolute Gasteiger partial charge is 0.176 e. The normalized spacial score (nSPS) is 25.1. The van der Waals surface area contributed by atoms with Gasteiger partial charge in [-0.15, -0.1) is 0 Å². The van der Waals surface area contributed by atoms with Crippen molar-refractivity contribution in [1.29, 1.82) is 0 Å². The number of piperidine rings is 1. The standard InChI is InChI=1S/C14H18BrNO2/c1-10-8-16(6-5-13(10)17)9-14(18)11-3-2-4-12(15)7-11/h2-4,7,10,13,17H,5-6,8-9H2,1H3. The summed E-state index contributed by atoms with van der Waals surface area (Å²) in [5.74, 6) is 0.383. The van der Waals surface area contributed by atoms with E-state index in [9.17, 15) is 9.90 Å². The van der Waals surface area contributed by atoms with Crippen molar-refractivity contribution in [2.75, 3.05) is 19.6 Å². The highest BCUT2D eigenvalue weighted by Crippen LogP contribution is 2.17. The Labute approximate surface area is 116 Å². The molecule has 18 heavy (non-hydrogen) atoms. The second-order valence-corrected chi connectivity index (χ2v) is 5.92. The van der Waals surface area contributed by atoms with Crippen molar-refractivity contribution in [3.05, 3.63) is 34.3 Å². The Morgan fingerprint density at radius 3 is 3.00 bits per heavy atom. The van der Waals surface area contributed by atoms with Gasteiger partial charge in [-0.2, -0.15) is 0 Å². The minimum Gasteiger partial charge on any atom is -0.393 e. The maximum Gasteiger partial charge on any atom is 0.176 e. The van der Waals surface area contributed by atoms with Crippen molar-refractivity contribution in [1.82, 2.24) is 4.90 Å². The van der Waals surface area contributed by atoms with Gasteiger partial charge in [-0.25, -0.2) is 0 Å². The van der Waals surface area contributed by atoms with Gasteiger partial charge in [-0.05, 0) is 24.5 Å². The molecule has 0 spiro atoms. The van der Waals surface area contributed by atoms with Gasteiger partial charge in [-0.1, -0.05) is 35.0 Å². The summed E-state index contributed by atoms with van der Waals surface area (Å²) < 4.78 is 0.927. The second-order valence-electron chi connectivity index (χ2n) is 5.00. The quantitative estimate of drug-likeness (QED) is 0.871. The lowest BCUT2D eigenvalue weighted by atomic mass is 9.96. The van der Waals surface area contributed by atoms with Crippen LogP contribution in [0.1, 0.15) is 23.7 Å². The Balaban J connectivity index is 1.96. The van der Waals surface area contributed by atoms with E-state index in [4.69, 9.17) is 0 Å². The second kappa shape index (κ2) is 5.95. The molecule has 3 nitrogen and oxygen atoms in total. The van der Waals surface area contributed by atoms with Gasteiger partial charge in [0.2, 0.25) is 0 Å². The zero-order valence-electron chi connectivity index (χ0n) is 10.5. The molecule has 1 aliphatic rings. The van der Waals surface area contributed by atoms with E-state index >= 15 is 0 Å². The third-order valence-corrected chi connectivity index (χ3v) is 3.95. The first-order chi connectivity index (χ1) is 8.56. The Bertz CT molecular complexity index is 436. The minimum absolute atomic E-state index is 0.139. The van der Waals surface area contributed by atoms with E-state index in [0.29, 0.717) is 6.54 Å². The molecular formula is C14H18BrNO2. The summed E-state index contributed by atoms with van der Waals surface area (Å²) in [6.07, 6.45) is 0.537. The van der Waals surface area contributed by atoms with Crippen molar-refractivity contribution in [3.63, 3.8) is 0 Å². The predicted octanol–water partition coefficient (Wildman–Crippen LogP) is 2.33. The molecule has 2 rings (SSSR count). The number of halogens is 1. The molecule has 1 saturated heterocycles. The van der Waals surface area contributed by atoms with Crippen LogP contribution in [0.5, 0.6) is 0 Å². The molecule has 1 aromatic rings. The molecular weight excluding hydrogens is 294 g/mol. The lowest BCUT2D eigenvalue weighted by molar-refractivity contribution is 0.0344. The summed E-state index contributed by atoms with van der Waals surface area (Å²) in [6.45, 7) is 4.06. The molecule has 1 fully saturated rings. The zero-order chi connectivity index (χ0) is 13.1. The van der Waals surface area contributed by atoms with Gasteiger partial charge in [0.25, 0.3) is 0 Å². The van der Waals surface area contributed by atoms with Crippen molar-refractivity contribution < 1.29 is 9.90 Å². The lowest BCUT2D eigenvalue weighted by Crippen LogP contribution is -2.44. The number of hydrogen-bond acceptors (Lipinski definition) is 3. The molecule has 4 heteroatoms. The minimum atomic E-state index is -0.220. The fourth-order valence-corrected chi connectivity index (χ4v) is 2.72. The molecule has 2 unspecified atom stereocenters. The van der Waals surface area contributed by atoms with Crippen LogP contribution < -0.4 is 0 Å². The van der Waals surface area contributed by atoms with Crippen LogP contribution in [-0.2, 0) is 0 Å². The van der Waals surface area contributed by atoms with Gasteiger partial charge in [0.1, 0.15) is 0 Å². The molecule has 0 radical (unpaired) electrons. The highest BCUT2D eigenvalue weighted by atomic mass is 79.9. The first kappa shape index (κ1) is 13.7. The van der Waals surface area contributed by atoms with Gasteiger partial charge in [0.15, 0.2) is 5.78 Å². The predicted molar refractivity (Wildman–Crippen MR) is 74.7 cm³/mol. The maximum absolute atomic E-state index is 12.1. The number of likely N-dealkylation sites (tertiary alicyclic amines) is 1. The van der Waals surface area contributed by atoms with E-state index in [-0.39, 0.29) is 17.8 Å². The number of nitrogens with zero attached hydrogens (tertiary/aromatic N) is 1. The van der Waals surface area contributed by atoms with Gasteiger partial charge < -0.3 is 5.11 Å². The average Bonchev–Trinajstić information content (AvgIpc) is 2.34. The number of aliphatic hydroxyl groups excluding tert-OH is 1. The van der Waals surface area contributed by atoms with Crippen LogP contribution in [0.25, 0.3) is 0 Å². The number of rotatable bonds is 3. The molecule has 0 bridgehead atoms. The maximum atomic E-state index is 12.1. The molecule has 1 aliphatic heterocycles. The van der Waals surface area contributed by atoms with Crippen molar-refractivity contribution in [2.24, 2.45) is 5.92 Å². The van der Waals surface area contributed by atoms with E-state index in [1.807, 2.05) is 31.2 Å². The van der Waals surface area contributed by atoms with E-state index in [1.54, 1.807) is 0 Å². The van der Waals surface area contributed by atoms with Crippen molar-refractivity contribution in [3.8, 4) is 0 Å². The summed E-state index contributed by atoms with van der Waals surface area (Å²) in [6, 6.07) is 7.48. The third-order valence-electron chi connectivity index (χ3n) is 3.46. The van der Waals surface area contributed by atoms with Crippen LogP contribution in [-0.4, -0.2) is 41.5 Å². The summed E-state index contributed by atoms with van der Waals surface area (Å²) in [7, 11) is 0. The van der Waals surface area contributed by atoms with Crippen molar-refractivity contribution in [2.45, 2.75) is 19.4 Å². The highest BCUT2D eigenvalue weighted by Gasteiger charge is 2.25. The topological polar surface area (TPSA) is 40.5 Å². The van der Waals surface area contributed by atoms with Crippen LogP contribution in [0.4, 0.5) is 0 Å². The Morgan fingerprint density at radius 1 is 1.56 bits per heavy atom. The van der Waals surface area contributed by atoms with Crippen LogP contribution in [0, 0.1) is 5.92 Å². The number of hydrogen-bond donors (Lipinski definition) is 1. The molecule has 0 aromatic heterocycles. The fourth-order valence-electron chi connectivity index (χ4n) is 2.32. The average molecular weight is 312 g/mol. The van der Waals surface area contributed by atoms with Crippen LogP contribution in [0.2, 0.25) is 0 Å². The molecule has 0 amide bonds. The molecule has 0 aliphatic carbocycles. The number of carbonyl (C=O) groups excluding carboxylic acids is 1. The summed E-state index contributed by atoms with van der Waals surface area (Å²) in [4.78, 5) is 14.3. The van der Waals surface area contributed by atoms with E-state index < -0.39 is 0 Å². The first-order valence-corrected chi connectivity index (χ1v) is 7.05. The van der Waals surface area contributed by atoms with Crippen molar-refractivity contribution >= 4 is 21.7 Å². The van der Waals surface area contributed by atoms with Crippen LogP contribution >= 0.6 is 15.9 Å². The molecule has 0 saturated carbocycles. The number of carbonyl (C=O) groups is 1. The number of benzene rings is 1. The SMILES string of the molecule is CC1CN(CC(=O)c2cccc(Br)c2)CCC1O. The largest absolute Gasteiger partial charge is 0.393 e. The fraction of sp³-hybridized carbons (Fsp3) is 0.500. The molecule has 1 N–H and O–H groups in total. The van der Waals surface area contributed by atoms with E-state index in [0.717, 1.165) is 29.5 Å². The summed E-state index contributed by atoms with van der Waals surface area (Å²) in [5, 5.41) is 9.67. The van der Waals surface area contributed by atoms with Gasteiger partial charge in [0.05, 0.1) is 12.6 Å². The molecule has 1 heterocycles. The van der Waals surface area contributed by atoms with Gasteiger partial charge >= 0.3 is 0 Å². The number of ketones is 1. The lowest BCUT2D eigenvalue weighted by Gasteiger charge is -2.33. The van der Waals surface area contributed by atoms with Crippen LogP contribution in [0.3, 0.4) is 0 Å². The Morgan fingerprint density at radius 2 is 2.33 bits per heavy atom. The Hall–Kier alpha value is -0.710. The van der Waals surface area contributed by atoms with Crippen LogP contribution in [0.15, 0.2) is 28.7 Å². The molecule has 98 valence electrons. The van der Waals surface area contributed by atoms with Gasteiger partial charge in [0, 0.05) is 23.1 Å². The summed E-state index contributed by atoms with van der Waals surface area (Å²) in [5.41, 5.74) is 0.739. The highest BCUT2D eigenvalue weighted by molar-refractivity contribution is 9.10. The molecule has 1 aromatic carbocycles. The number of Topliss-reactive ketones (excluding diaryl/α,β-unsaturated/α-hetero) is 1. The molecule has 2 atom stereocenters.